The van der Waals surface area contributed by atoms with E-state index in [1.54, 1.807) is 5.06 Å². The highest BCUT2D eigenvalue weighted by Gasteiger charge is 2.15. The Morgan fingerprint density at radius 2 is 1.79 bits per heavy atom. The van der Waals surface area contributed by atoms with E-state index in [0.29, 0.717) is 0 Å². The molecule has 0 bridgehead atoms. The normalized spacial score (nSPS) is 17.7. The molecule has 0 aromatic carbocycles. The van der Waals surface area contributed by atoms with Gasteiger partial charge in [0.05, 0.1) is 12.8 Å². The van der Waals surface area contributed by atoms with Crippen LogP contribution in [0.5, 0.6) is 0 Å². The lowest BCUT2D eigenvalue weighted by Gasteiger charge is -2.24. The van der Waals surface area contributed by atoms with Crippen LogP contribution in [0.15, 0.2) is 0 Å². The largest absolute Gasteiger partial charge is 0.481 e. The number of carboxylic acids is 1. The Hall–Kier alpha value is -1.10. The van der Waals surface area contributed by atoms with Gasteiger partial charge in [-0.25, -0.2) is 0 Å². The van der Waals surface area contributed by atoms with Crippen molar-refractivity contribution in [1.29, 1.82) is 0 Å². The first-order valence-corrected chi connectivity index (χ1v) is 4.86. The summed E-state index contributed by atoms with van der Waals surface area (Å²) >= 11 is 0. The molecule has 0 saturated carbocycles. The van der Waals surface area contributed by atoms with Crippen molar-refractivity contribution in [3.63, 3.8) is 0 Å². The second-order valence-electron chi connectivity index (χ2n) is 3.35. The minimum atomic E-state index is -0.972. The second kappa shape index (κ2) is 5.59. The van der Waals surface area contributed by atoms with Gasteiger partial charge in [0.2, 0.25) is 0 Å². The summed E-state index contributed by atoms with van der Waals surface area (Å²) in [5.74, 6) is -1.42. The topological polar surface area (TPSA) is 66.8 Å². The lowest BCUT2D eigenvalue weighted by molar-refractivity contribution is -0.195. The van der Waals surface area contributed by atoms with Gasteiger partial charge in [-0.2, -0.15) is 0 Å². The molecule has 0 spiro atoms. The fraction of sp³-hybridized carbons (Fsp3) is 0.778. The minimum Gasteiger partial charge on any atom is -0.481 e. The van der Waals surface area contributed by atoms with Crippen LogP contribution in [0.2, 0.25) is 0 Å². The van der Waals surface area contributed by atoms with Gasteiger partial charge in [0.15, 0.2) is 0 Å². The highest BCUT2D eigenvalue weighted by molar-refractivity contribution is 5.76. The van der Waals surface area contributed by atoms with Crippen LogP contribution in [0.4, 0.5) is 0 Å². The summed E-state index contributed by atoms with van der Waals surface area (Å²) in [7, 11) is 0. The number of rotatable bonds is 4. The van der Waals surface area contributed by atoms with Crippen molar-refractivity contribution in [1.82, 2.24) is 5.06 Å². The van der Waals surface area contributed by atoms with Crippen LogP contribution in [0.25, 0.3) is 0 Å². The summed E-state index contributed by atoms with van der Waals surface area (Å²) in [4.78, 5) is 26.2. The first kappa shape index (κ1) is 11.0. The highest BCUT2D eigenvalue weighted by atomic mass is 16.7. The highest BCUT2D eigenvalue weighted by Crippen LogP contribution is 2.09. The number of carboxylic acid groups (broad SMARTS) is 1. The summed E-state index contributed by atoms with van der Waals surface area (Å²) < 4.78 is 0. The molecular formula is C9H15NO4. The third kappa shape index (κ3) is 4.23. The molecule has 5 nitrogen and oxygen atoms in total. The summed E-state index contributed by atoms with van der Waals surface area (Å²) in [6, 6.07) is 0. The van der Waals surface area contributed by atoms with Crippen LogP contribution in [0, 0.1) is 0 Å². The van der Waals surface area contributed by atoms with Gasteiger partial charge in [-0.3, -0.25) is 9.59 Å². The standard InChI is InChI=1S/C9H15NO4/c11-8(12)4-5-9(13)14-10-6-2-1-3-7-10/h1-7H2,(H,11,12). The Morgan fingerprint density at radius 1 is 1.14 bits per heavy atom. The molecule has 0 radical (unpaired) electrons. The number of hydroxylamine groups is 2. The van der Waals surface area contributed by atoms with Crippen molar-refractivity contribution in [3.8, 4) is 0 Å². The molecule has 0 aliphatic carbocycles. The van der Waals surface area contributed by atoms with Crippen molar-refractivity contribution in [2.75, 3.05) is 13.1 Å². The second-order valence-corrected chi connectivity index (χ2v) is 3.35. The van der Waals surface area contributed by atoms with Crippen LogP contribution >= 0.6 is 0 Å². The maximum Gasteiger partial charge on any atom is 0.325 e. The molecule has 14 heavy (non-hydrogen) atoms. The number of carbonyl (C=O) groups is 2. The monoisotopic (exact) mass is 201 g/mol. The molecule has 0 unspecified atom stereocenters. The zero-order valence-electron chi connectivity index (χ0n) is 8.07. The quantitative estimate of drug-likeness (QED) is 0.728. The Bertz CT molecular complexity index is 211. The van der Waals surface area contributed by atoms with E-state index in [2.05, 4.69) is 0 Å². The van der Waals surface area contributed by atoms with E-state index in [1.165, 1.54) is 6.42 Å². The van der Waals surface area contributed by atoms with Crippen LogP contribution < -0.4 is 0 Å². The van der Waals surface area contributed by atoms with Crippen molar-refractivity contribution in [2.24, 2.45) is 0 Å². The number of nitrogens with zero attached hydrogens (tertiary/aromatic N) is 1. The summed E-state index contributed by atoms with van der Waals surface area (Å²) in [5, 5.41) is 9.97. The third-order valence-corrected chi connectivity index (χ3v) is 2.09. The van der Waals surface area contributed by atoms with E-state index in [4.69, 9.17) is 9.94 Å². The SMILES string of the molecule is O=C(O)CCC(=O)ON1CCCCC1. The number of carbonyl (C=O) groups excluding carboxylic acids is 1. The van der Waals surface area contributed by atoms with Crippen LogP contribution in [0.3, 0.4) is 0 Å². The van der Waals surface area contributed by atoms with Gasteiger partial charge < -0.3 is 9.94 Å². The summed E-state index contributed by atoms with van der Waals surface area (Å²) in [6.07, 6.45) is 3.03. The first-order chi connectivity index (χ1) is 6.68. The molecule has 0 amide bonds. The van der Waals surface area contributed by atoms with Gasteiger partial charge in [0.25, 0.3) is 0 Å². The molecule has 80 valence electrons. The average Bonchev–Trinajstić information content (AvgIpc) is 2.16. The molecule has 0 aromatic heterocycles. The molecule has 1 N–H and O–H groups in total. The van der Waals surface area contributed by atoms with Crippen LogP contribution in [0.1, 0.15) is 32.1 Å². The molecule has 1 saturated heterocycles. The van der Waals surface area contributed by atoms with Crippen LogP contribution in [-0.2, 0) is 14.4 Å². The van der Waals surface area contributed by atoms with E-state index in [-0.39, 0.29) is 12.8 Å². The molecule has 1 rings (SSSR count). The maximum absolute atomic E-state index is 11.1. The van der Waals surface area contributed by atoms with E-state index in [1.807, 2.05) is 0 Å². The molecule has 5 heteroatoms. The smallest absolute Gasteiger partial charge is 0.325 e. The van der Waals surface area contributed by atoms with Gasteiger partial charge in [-0.1, -0.05) is 6.42 Å². The zero-order chi connectivity index (χ0) is 10.4. The Labute approximate surface area is 82.6 Å². The van der Waals surface area contributed by atoms with Gasteiger partial charge >= 0.3 is 11.9 Å². The molecule has 1 aliphatic rings. The molecule has 0 atom stereocenters. The van der Waals surface area contributed by atoms with Crippen molar-refractivity contribution in [3.05, 3.63) is 0 Å². The number of aliphatic carboxylic acids is 1. The summed E-state index contributed by atoms with van der Waals surface area (Å²) in [6.45, 7) is 1.53. The van der Waals surface area contributed by atoms with Gasteiger partial charge in [0, 0.05) is 13.1 Å². The van der Waals surface area contributed by atoms with E-state index in [9.17, 15) is 9.59 Å². The van der Waals surface area contributed by atoms with Crippen LogP contribution in [-0.4, -0.2) is 35.2 Å². The number of piperidine rings is 1. The minimum absolute atomic E-state index is 0.0498. The number of hydrogen-bond donors (Lipinski definition) is 1. The predicted molar refractivity (Wildman–Crippen MR) is 48.4 cm³/mol. The molecule has 0 aromatic rings. The number of hydrogen-bond acceptors (Lipinski definition) is 4. The molecular weight excluding hydrogens is 186 g/mol. The predicted octanol–water partition coefficient (Wildman–Crippen LogP) is 0.795. The molecule has 1 aliphatic heterocycles. The van der Waals surface area contributed by atoms with Crippen molar-refractivity contribution < 1.29 is 19.5 Å². The average molecular weight is 201 g/mol. The van der Waals surface area contributed by atoms with E-state index in [0.717, 1.165) is 25.9 Å². The van der Waals surface area contributed by atoms with Gasteiger partial charge in [-0.05, 0) is 12.8 Å². The van der Waals surface area contributed by atoms with E-state index >= 15 is 0 Å². The van der Waals surface area contributed by atoms with E-state index < -0.39 is 11.9 Å². The first-order valence-electron chi connectivity index (χ1n) is 4.86. The Balaban J connectivity index is 2.15. The third-order valence-electron chi connectivity index (χ3n) is 2.09. The Morgan fingerprint density at radius 3 is 2.36 bits per heavy atom. The molecule has 1 fully saturated rings. The fourth-order valence-corrected chi connectivity index (χ4v) is 1.35. The van der Waals surface area contributed by atoms with Gasteiger partial charge in [0.1, 0.15) is 0 Å². The Kier molecular flexibility index (Phi) is 4.39. The van der Waals surface area contributed by atoms with Crippen molar-refractivity contribution in [2.45, 2.75) is 32.1 Å². The van der Waals surface area contributed by atoms with Crippen molar-refractivity contribution >= 4 is 11.9 Å². The maximum atomic E-state index is 11.1. The fourth-order valence-electron chi connectivity index (χ4n) is 1.35. The zero-order valence-corrected chi connectivity index (χ0v) is 8.07. The summed E-state index contributed by atoms with van der Waals surface area (Å²) in [5.41, 5.74) is 0. The van der Waals surface area contributed by atoms with Gasteiger partial charge in [-0.15, -0.1) is 5.06 Å². The molecule has 1 heterocycles. The lowest BCUT2D eigenvalue weighted by Crippen LogP contribution is -2.32. The lowest BCUT2D eigenvalue weighted by atomic mass is 10.2.